The van der Waals surface area contributed by atoms with Crippen molar-refractivity contribution in [2.45, 2.75) is 39.3 Å². The van der Waals surface area contributed by atoms with Crippen molar-refractivity contribution in [3.8, 4) is 0 Å². The van der Waals surface area contributed by atoms with Gasteiger partial charge in [0.05, 0.1) is 5.69 Å². The predicted molar refractivity (Wildman–Crippen MR) is 83.1 cm³/mol. The van der Waals surface area contributed by atoms with E-state index in [-0.39, 0.29) is 11.4 Å². The van der Waals surface area contributed by atoms with Gasteiger partial charge in [-0.05, 0) is 30.5 Å². The number of nitrogens with zero attached hydrogens (tertiary/aromatic N) is 2. The van der Waals surface area contributed by atoms with Crippen LogP contribution < -0.4 is 5.56 Å². The Labute approximate surface area is 129 Å². The SMILES string of the molecule is CCCc1nc2c(c(=O)[nH]1)CCN(Cc1cccc(F)c1)C2. The molecule has 0 atom stereocenters. The zero-order valence-corrected chi connectivity index (χ0v) is 12.7. The number of hydrogen-bond acceptors (Lipinski definition) is 3. The summed E-state index contributed by atoms with van der Waals surface area (Å²) in [5.74, 6) is 0.550. The van der Waals surface area contributed by atoms with Gasteiger partial charge >= 0.3 is 0 Å². The van der Waals surface area contributed by atoms with Gasteiger partial charge in [0, 0.05) is 31.6 Å². The molecule has 5 heteroatoms. The minimum Gasteiger partial charge on any atom is -0.310 e. The van der Waals surface area contributed by atoms with Gasteiger partial charge < -0.3 is 4.98 Å². The van der Waals surface area contributed by atoms with Gasteiger partial charge in [-0.2, -0.15) is 0 Å². The Morgan fingerprint density at radius 1 is 1.41 bits per heavy atom. The highest BCUT2D eigenvalue weighted by Crippen LogP contribution is 2.17. The lowest BCUT2D eigenvalue weighted by Gasteiger charge is -2.27. The second kappa shape index (κ2) is 6.40. The first-order chi connectivity index (χ1) is 10.7. The maximum atomic E-state index is 13.3. The summed E-state index contributed by atoms with van der Waals surface area (Å²) in [5.41, 5.74) is 2.62. The fraction of sp³-hybridized carbons (Fsp3) is 0.412. The summed E-state index contributed by atoms with van der Waals surface area (Å²) in [6.07, 6.45) is 2.43. The molecule has 0 radical (unpaired) electrons. The first-order valence-electron chi connectivity index (χ1n) is 7.73. The van der Waals surface area contributed by atoms with Gasteiger partial charge in [-0.15, -0.1) is 0 Å². The van der Waals surface area contributed by atoms with Gasteiger partial charge in [0.2, 0.25) is 0 Å². The van der Waals surface area contributed by atoms with Gasteiger partial charge in [0.25, 0.3) is 5.56 Å². The fourth-order valence-electron chi connectivity index (χ4n) is 2.93. The lowest BCUT2D eigenvalue weighted by molar-refractivity contribution is 0.239. The number of benzene rings is 1. The van der Waals surface area contributed by atoms with E-state index < -0.39 is 0 Å². The molecule has 3 rings (SSSR count). The topological polar surface area (TPSA) is 49.0 Å². The third-order valence-electron chi connectivity index (χ3n) is 3.98. The van der Waals surface area contributed by atoms with Crippen molar-refractivity contribution in [2.24, 2.45) is 0 Å². The van der Waals surface area contributed by atoms with Crippen molar-refractivity contribution in [1.29, 1.82) is 0 Å². The Hall–Kier alpha value is -2.01. The van der Waals surface area contributed by atoms with Crippen LogP contribution in [0.1, 0.15) is 36.0 Å². The number of fused-ring (bicyclic) bond motifs is 1. The summed E-state index contributed by atoms with van der Waals surface area (Å²) in [4.78, 5) is 21.8. The third kappa shape index (κ3) is 3.25. The van der Waals surface area contributed by atoms with Crippen LogP contribution in [0.4, 0.5) is 4.39 Å². The number of aromatic nitrogens is 2. The summed E-state index contributed by atoms with van der Waals surface area (Å²) >= 11 is 0. The van der Waals surface area contributed by atoms with Crippen molar-refractivity contribution in [3.63, 3.8) is 0 Å². The maximum Gasteiger partial charge on any atom is 0.254 e. The number of aryl methyl sites for hydroxylation is 1. The van der Waals surface area contributed by atoms with E-state index in [0.717, 1.165) is 42.0 Å². The number of halogens is 1. The van der Waals surface area contributed by atoms with Gasteiger partial charge in [-0.1, -0.05) is 19.1 Å². The van der Waals surface area contributed by atoms with E-state index in [9.17, 15) is 9.18 Å². The van der Waals surface area contributed by atoms with E-state index in [1.54, 1.807) is 12.1 Å². The Balaban J connectivity index is 1.79. The number of H-pyrrole nitrogens is 1. The molecule has 116 valence electrons. The van der Waals surface area contributed by atoms with Crippen LogP contribution in [-0.4, -0.2) is 21.4 Å². The molecule has 2 aromatic rings. The number of nitrogens with one attached hydrogen (secondary N) is 1. The smallest absolute Gasteiger partial charge is 0.254 e. The Kier molecular flexibility index (Phi) is 4.34. The highest BCUT2D eigenvalue weighted by Gasteiger charge is 2.21. The molecule has 0 fully saturated rings. The highest BCUT2D eigenvalue weighted by atomic mass is 19.1. The average Bonchev–Trinajstić information content (AvgIpc) is 2.47. The van der Waals surface area contributed by atoms with E-state index in [1.807, 2.05) is 6.07 Å². The fourth-order valence-corrected chi connectivity index (χ4v) is 2.93. The van der Waals surface area contributed by atoms with Gasteiger partial charge in [-0.25, -0.2) is 9.37 Å². The minimum atomic E-state index is -0.213. The van der Waals surface area contributed by atoms with Crippen molar-refractivity contribution in [3.05, 3.63) is 63.1 Å². The van der Waals surface area contributed by atoms with Crippen LogP contribution in [0.3, 0.4) is 0 Å². The second-order valence-electron chi connectivity index (χ2n) is 5.78. The molecule has 22 heavy (non-hydrogen) atoms. The third-order valence-corrected chi connectivity index (χ3v) is 3.98. The van der Waals surface area contributed by atoms with Crippen LogP contribution in [-0.2, 0) is 25.9 Å². The van der Waals surface area contributed by atoms with Crippen LogP contribution >= 0.6 is 0 Å². The molecule has 1 N–H and O–H groups in total. The van der Waals surface area contributed by atoms with E-state index in [1.165, 1.54) is 6.07 Å². The lowest BCUT2D eigenvalue weighted by Crippen LogP contribution is -2.35. The van der Waals surface area contributed by atoms with Gasteiger partial charge in [-0.3, -0.25) is 9.69 Å². The summed E-state index contributed by atoms with van der Waals surface area (Å²) in [7, 11) is 0. The molecule has 4 nitrogen and oxygen atoms in total. The van der Waals surface area contributed by atoms with Gasteiger partial charge in [0.15, 0.2) is 0 Å². The van der Waals surface area contributed by atoms with Crippen molar-refractivity contribution < 1.29 is 4.39 Å². The Bertz CT molecular complexity index is 726. The summed E-state index contributed by atoms with van der Waals surface area (Å²) < 4.78 is 13.3. The van der Waals surface area contributed by atoms with Crippen LogP contribution in [0.15, 0.2) is 29.1 Å². The molecular formula is C17H20FN3O. The molecule has 0 saturated heterocycles. The Morgan fingerprint density at radius 3 is 3.05 bits per heavy atom. The molecule has 0 spiro atoms. The number of hydrogen-bond donors (Lipinski definition) is 1. The molecule has 1 aromatic heterocycles. The highest BCUT2D eigenvalue weighted by molar-refractivity contribution is 5.22. The zero-order chi connectivity index (χ0) is 15.5. The van der Waals surface area contributed by atoms with Crippen LogP contribution in [0.5, 0.6) is 0 Å². The predicted octanol–water partition coefficient (Wildman–Crippen LogP) is 2.42. The molecule has 0 amide bonds. The van der Waals surface area contributed by atoms with E-state index >= 15 is 0 Å². The lowest BCUT2D eigenvalue weighted by atomic mass is 10.1. The van der Waals surface area contributed by atoms with E-state index in [0.29, 0.717) is 19.5 Å². The number of aromatic amines is 1. The molecule has 1 aromatic carbocycles. The first kappa shape index (κ1) is 14.9. The second-order valence-corrected chi connectivity index (χ2v) is 5.78. The molecule has 0 unspecified atom stereocenters. The molecular weight excluding hydrogens is 281 g/mol. The molecule has 1 aliphatic heterocycles. The zero-order valence-electron chi connectivity index (χ0n) is 12.7. The van der Waals surface area contributed by atoms with Crippen molar-refractivity contribution >= 4 is 0 Å². The average molecular weight is 301 g/mol. The monoisotopic (exact) mass is 301 g/mol. The first-order valence-corrected chi connectivity index (χ1v) is 7.73. The van der Waals surface area contributed by atoms with Crippen molar-refractivity contribution in [1.82, 2.24) is 14.9 Å². The summed E-state index contributed by atoms with van der Waals surface area (Å²) in [6.45, 7) is 4.18. The molecule has 0 saturated carbocycles. The molecule has 0 bridgehead atoms. The molecule has 1 aliphatic rings. The quantitative estimate of drug-likeness (QED) is 0.943. The van der Waals surface area contributed by atoms with Crippen LogP contribution in [0, 0.1) is 5.82 Å². The Morgan fingerprint density at radius 2 is 2.27 bits per heavy atom. The summed E-state index contributed by atoms with van der Waals surface area (Å²) in [5, 5.41) is 0. The normalized spacial score (nSPS) is 14.8. The van der Waals surface area contributed by atoms with Crippen molar-refractivity contribution in [2.75, 3.05) is 6.54 Å². The van der Waals surface area contributed by atoms with Crippen LogP contribution in [0.25, 0.3) is 0 Å². The standard InChI is InChI=1S/C17H20FN3O/c1-2-4-16-19-15-11-21(8-7-14(15)17(22)20-16)10-12-5-3-6-13(18)9-12/h3,5-6,9H,2,4,7-8,10-11H2,1H3,(H,19,20,22). The van der Waals surface area contributed by atoms with Gasteiger partial charge in [0.1, 0.15) is 11.6 Å². The van der Waals surface area contributed by atoms with E-state index in [4.69, 9.17) is 0 Å². The number of rotatable bonds is 4. The molecule has 0 aliphatic carbocycles. The largest absolute Gasteiger partial charge is 0.310 e. The summed E-state index contributed by atoms with van der Waals surface area (Å²) in [6, 6.07) is 6.66. The molecule has 2 heterocycles. The van der Waals surface area contributed by atoms with E-state index in [2.05, 4.69) is 21.8 Å². The maximum absolute atomic E-state index is 13.3. The van der Waals surface area contributed by atoms with Crippen LogP contribution in [0.2, 0.25) is 0 Å². The minimum absolute atomic E-state index is 0.00106.